The summed E-state index contributed by atoms with van der Waals surface area (Å²) in [5, 5.41) is 5.88. The van der Waals surface area contributed by atoms with Gasteiger partial charge in [0.05, 0.1) is 12.3 Å². The van der Waals surface area contributed by atoms with Gasteiger partial charge in [-0.15, -0.1) is 0 Å². The number of rotatable bonds is 7. The quantitative estimate of drug-likeness (QED) is 0.726. The fraction of sp³-hybridized carbons (Fsp3) is 0.333. The summed E-state index contributed by atoms with van der Waals surface area (Å²) in [5.41, 5.74) is 7.49. The molecule has 1 atom stereocenters. The van der Waals surface area contributed by atoms with Gasteiger partial charge in [0.2, 0.25) is 0 Å². The molecule has 28 heavy (non-hydrogen) atoms. The molecule has 3 rings (SSSR count). The summed E-state index contributed by atoms with van der Waals surface area (Å²) in [6, 6.07) is 13.2. The molecule has 2 aromatic rings. The summed E-state index contributed by atoms with van der Waals surface area (Å²) in [4.78, 5) is 13.1. The fourth-order valence-corrected chi connectivity index (χ4v) is 3.00. The van der Waals surface area contributed by atoms with Gasteiger partial charge in [-0.3, -0.25) is 4.90 Å². The van der Waals surface area contributed by atoms with E-state index in [2.05, 4.69) is 18.9 Å². The number of carbonyl (C=O) groups excluding carboxylic acids is 1. The minimum absolute atomic E-state index is 0.317. The van der Waals surface area contributed by atoms with Gasteiger partial charge in [-0.2, -0.15) is 5.10 Å². The fourth-order valence-electron chi connectivity index (χ4n) is 3.00. The second-order valence-corrected chi connectivity index (χ2v) is 7.12. The molecule has 2 N–H and O–H groups in total. The zero-order chi connectivity index (χ0) is 20.1. The van der Waals surface area contributed by atoms with Crippen molar-refractivity contribution in [1.29, 1.82) is 0 Å². The summed E-state index contributed by atoms with van der Waals surface area (Å²) >= 11 is 0. The first-order chi connectivity index (χ1) is 13.5. The summed E-state index contributed by atoms with van der Waals surface area (Å²) < 4.78 is 20.2. The van der Waals surface area contributed by atoms with Crippen LogP contribution in [0, 0.1) is 11.7 Å². The monoisotopic (exact) mass is 384 g/mol. The number of urea groups is 1. The summed E-state index contributed by atoms with van der Waals surface area (Å²) in [5.74, 6) is 0.161. The van der Waals surface area contributed by atoms with E-state index >= 15 is 0 Å². The number of hydrogen-bond acceptors (Lipinski definition) is 4. The number of primary amides is 1. The Kier molecular flexibility index (Phi) is 6.26. The number of halogens is 1. The first-order valence-corrected chi connectivity index (χ1v) is 9.29. The van der Waals surface area contributed by atoms with Crippen LogP contribution >= 0.6 is 0 Å². The molecule has 1 aliphatic heterocycles. The van der Waals surface area contributed by atoms with Crippen LogP contribution in [0.3, 0.4) is 0 Å². The third-order valence-corrected chi connectivity index (χ3v) is 4.52. The van der Waals surface area contributed by atoms with Crippen molar-refractivity contribution >= 4 is 18.1 Å². The Balaban J connectivity index is 1.83. The van der Waals surface area contributed by atoms with Crippen LogP contribution in [-0.2, 0) is 11.3 Å². The van der Waals surface area contributed by atoms with Crippen molar-refractivity contribution in [2.24, 2.45) is 16.8 Å². The first kappa shape index (κ1) is 19.8. The average Bonchev–Trinajstić information content (AvgIpc) is 3.11. The van der Waals surface area contributed by atoms with Crippen molar-refractivity contribution < 1.29 is 13.9 Å². The van der Waals surface area contributed by atoms with Gasteiger partial charge in [0.15, 0.2) is 6.17 Å². The second-order valence-electron chi connectivity index (χ2n) is 7.12. The SMILES string of the molecule is CC(C)CCOCc1cccc(N2N=CN(C(N)=O)C2c2ccccc2F)c1. The Morgan fingerprint density at radius 1 is 1.25 bits per heavy atom. The average molecular weight is 384 g/mol. The van der Waals surface area contributed by atoms with Crippen LogP contribution in [0.1, 0.15) is 37.6 Å². The standard InChI is InChI=1S/C21H25FN4O2/c1-15(2)10-11-28-13-16-6-5-7-17(12-16)26-20(25(14-24-26)21(23)27)18-8-3-4-9-19(18)22/h3-9,12,14-15,20H,10-11,13H2,1-2H3,(H2,23,27). The third-order valence-electron chi connectivity index (χ3n) is 4.52. The van der Waals surface area contributed by atoms with E-state index in [1.807, 2.05) is 24.3 Å². The van der Waals surface area contributed by atoms with Gasteiger partial charge in [0.25, 0.3) is 0 Å². The number of nitrogens with zero attached hydrogens (tertiary/aromatic N) is 3. The molecule has 1 aliphatic rings. The number of hydrazone groups is 1. The molecule has 0 bridgehead atoms. The van der Waals surface area contributed by atoms with Crippen LogP contribution < -0.4 is 10.7 Å². The third kappa shape index (κ3) is 4.48. The van der Waals surface area contributed by atoms with Crippen molar-refractivity contribution in [3.05, 3.63) is 65.5 Å². The Hall–Kier alpha value is -2.93. The minimum atomic E-state index is -0.782. The predicted molar refractivity (Wildman–Crippen MR) is 107 cm³/mol. The molecule has 0 saturated carbocycles. The Bertz CT molecular complexity index is 856. The van der Waals surface area contributed by atoms with E-state index in [4.69, 9.17) is 10.5 Å². The van der Waals surface area contributed by atoms with E-state index in [0.717, 1.165) is 17.7 Å². The number of anilines is 1. The normalized spacial score (nSPS) is 16.2. The molecule has 0 spiro atoms. The van der Waals surface area contributed by atoms with E-state index in [-0.39, 0.29) is 0 Å². The topological polar surface area (TPSA) is 71.2 Å². The van der Waals surface area contributed by atoms with E-state index in [1.54, 1.807) is 23.2 Å². The summed E-state index contributed by atoms with van der Waals surface area (Å²) in [6.45, 7) is 5.48. The Morgan fingerprint density at radius 2 is 2.04 bits per heavy atom. The highest BCUT2D eigenvalue weighted by Crippen LogP contribution is 2.35. The number of nitrogens with two attached hydrogens (primary N) is 1. The molecule has 6 nitrogen and oxygen atoms in total. The number of amides is 2. The van der Waals surface area contributed by atoms with Crippen LogP contribution in [0.5, 0.6) is 0 Å². The van der Waals surface area contributed by atoms with Crippen molar-refractivity contribution in [1.82, 2.24) is 4.90 Å². The molecule has 2 aromatic carbocycles. The maximum absolute atomic E-state index is 14.4. The minimum Gasteiger partial charge on any atom is -0.377 e. The van der Waals surface area contributed by atoms with Crippen LogP contribution in [0.25, 0.3) is 0 Å². The Labute approximate surface area is 164 Å². The zero-order valence-corrected chi connectivity index (χ0v) is 16.1. The van der Waals surface area contributed by atoms with Crippen LogP contribution in [-0.4, -0.2) is 23.9 Å². The molecular formula is C21H25FN4O2. The van der Waals surface area contributed by atoms with Crippen LogP contribution in [0.15, 0.2) is 53.6 Å². The van der Waals surface area contributed by atoms with Gasteiger partial charge >= 0.3 is 6.03 Å². The van der Waals surface area contributed by atoms with Gasteiger partial charge in [-0.05, 0) is 36.1 Å². The maximum Gasteiger partial charge on any atom is 0.322 e. The number of benzene rings is 2. The molecule has 2 amide bonds. The number of ether oxygens (including phenoxy) is 1. The molecule has 0 aliphatic carbocycles. The van der Waals surface area contributed by atoms with Crippen molar-refractivity contribution in [3.8, 4) is 0 Å². The molecule has 1 heterocycles. The van der Waals surface area contributed by atoms with Crippen molar-refractivity contribution in [2.75, 3.05) is 11.6 Å². The summed E-state index contributed by atoms with van der Waals surface area (Å²) in [7, 11) is 0. The van der Waals surface area contributed by atoms with Gasteiger partial charge in [-0.1, -0.05) is 44.2 Å². The smallest absolute Gasteiger partial charge is 0.322 e. The first-order valence-electron chi connectivity index (χ1n) is 9.29. The highest BCUT2D eigenvalue weighted by Gasteiger charge is 2.35. The summed E-state index contributed by atoms with van der Waals surface area (Å²) in [6.07, 6.45) is 1.54. The predicted octanol–water partition coefficient (Wildman–Crippen LogP) is 4.23. The molecule has 0 aromatic heterocycles. The molecule has 1 unspecified atom stereocenters. The van der Waals surface area contributed by atoms with Gasteiger partial charge in [0, 0.05) is 12.2 Å². The van der Waals surface area contributed by atoms with Crippen LogP contribution in [0.4, 0.5) is 14.9 Å². The lowest BCUT2D eigenvalue weighted by Crippen LogP contribution is -2.40. The zero-order valence-electron chi connectivity index (χ0n) is 16.1. The lowest BCUT2D eigenvalue weighted by molar-refractivity contribution is 0.110. The van der Waals surface area contributed by atoms with E-state index in [1.165, 1.54) is 17.3 Å². The molecule has 0 fully saturated rings. The van der Waals surface area contributed by atoms with E-state index in [0.29, 0.717) is 24.7 Å². The highest BCUT2D eigenvalue weighted by molar-refractivity contribution is 5.88. The Morgan fingerprint density at radius 3 is 2.75 bits per heavy atom. The van der Waals surface area contributed by atoms with Crippen LogP contribution in [0.2, 0.25) is 0 Å². The lowest BCUT2D eigenvalue weighted by Gasteiger charge is -2.29. The van der Waals surface area contributed by atoms with Gasteiger partial charge < -0.3 is 10.5 Å². The highest BCUT2D eigenvalue weighted by atomic mass is 19.1. The van der Waals surface area contributed by atoms with Crippen molar-refractivity contribution in [3.63, 3.8) is 0 Å². The van der Waals surface area contributed by atoms with E-state index < -0.39 is 18.0 Å². The maximum atomic E-state index is 14.4. The molecule has 7 heteroatoms. The van der Waals surface area contributed by atoms with Crippen molar-refractivity contribution in [2.45, 2.75) is 33.0 Å². The molecule has 0 saturated heterocycles. The van der Waals surface area contributed by atoms with E-state index in [9.17, 15) is 9.18 Å². The number of hydrogen-bond donors (Lipinski definition) is 1. The molecule has 0 radical (unpaired) electrons. The lowest BCUT2D eigenvalue weighted by atomic mass is 10.1. The largest absolute Gasteiger partial charge is 0.377 e. The van der Waals surface area contributed by atoms with Gasteiger partial charge in [0.1, 0.15) is 12.2 Å². The van der Waals surface area contributed by atoms with Gasteiger partial charge in [-0.25, -0.2) is 14.2 Å². The molecular weight excluding hydrogens is 359 g/mol. The second kappa shape index (κ2) is 8.84. The number of carbonyl (C=O) groups is 1. The molecule has 148 valence electrons.